The molecular weight excluding hydrogens is 234 g/mol. The van der Waals surface area contributed by atoms with Crippen molar-refractivity contribution in [3.8, 4) is 0 Å². The molecule has 0 aromatic heterocycles. The van der Waals surface area contributed by atoms with E-state index in [1.165, 1.54) is 12.8 Å². The molecule has 1 atom stereocenters. The van der Waals surface area contributed by atoms with E-state index < -0.39 is 5.97 Å². The third-order valence-electron chi connectivity index (χ3n) is 2.82. The third-order valence-corrected chi connectivity index (χ3v) is 2.82. The Kier molecular flexibility index (Phi) is 6.49. The quantitative estimate of drug-likeness (QED) is 0.457. The van der Waals surface area contributed by atoms with E-state index in [4.69, 9.17) is 5.11 Å². The summed E-state index contributed by atoms with van der Waals surface area (Å²) in [6.07, 6.45) is 3.98. The maximum absolute atomic E-state index is 11.4. The number of carboxylic acid groups (broad SMARTS) is 1. The minimum absolute atomic E-state index is 0.0761. The van der Waals surface area contributed by atoms with Gasteiger partial charge in [0.2, 0.25) is 0 Å². The van der Waals surface area contributed by atoms with Gasteiger partial charge in [0.25, 0.3) is 0 Å². The monoisotopic (exact) mass is 257 g/mol. The predicted octanol–water partition coefficient (Wildman–Crippen LogP) is 0.681. The van der Waals surface area contributed by atoms with Crippen molar-refractivity contribution in [1.29, 1.82) is 0 Å². The number of carbonyl (C=O) groups is 2. The van der Waals surface area contributed by atoms with E-state index in [1.54, 1.807) is 6.92 Å². The average molecular weight is 257 g/mol. The number of amides is 2. The molecule has 0 bridgehead atoms. The Morgan fingerprint density at radius 1 is 1.33 bits per heavy atom. The highest BCUT2D eigenvalue weighted by Gasteiger charge is 2.19. The van der Waals surface area contributed by atoms with Gasteiger partial charge in [0, 0.05) is 25.0 Å². The van der Waals surface area contributed by atoms with E-state index in [9.17, 15) is 9.59 Å². The first-order valence-electron chi connectivity index (χ1n) is 6.57. The smallest absolute Gasteiger partial charge is 0.314 e. The largest absolute Gasteiger partial charge is 0.481 e. The zero-order valence-corrected chi connectivity index (χ0v) is 10.9. The molecule has 2 amide bonds. The van der Waals surface area contributed by atoms with Crippen LogP contribution in [0.5, 0.6) is 0 Å². The van der Waals surface area contributed by atoms with Gasteiger partial charge in [0.05, 0.1) is 0 Å². The van der Waals surface area contributed by atoms with Gasteiger partial charge in [0.1, 0.15) is 0 Å². The first-order valence-corrected chi connectivity index (χ1v) is 6.57. The number of carbonyl (C=O) groups excluding carboxylic acids is 1. The molecule has 0 heterocycles. The van der Waals surface area contributed by atoms with Crippen LogP contribution in [0.2, 0.25) is 0 Å². The topological polar surface area (TPSA) is 90.5 Å². The van der Waals surface area contributed by atoms with Crippen molar-refractivity contribution in [1.82, 2.24) is 16.0 Å². The van der Waals surface area contributed by atoms with Crippen LogP contribution in [0.25, 0.3) is 0 Å². The lowest BCUT2D eigenvalue weighted by Crippen LogP contribution is -2.41. The van der Waals surface area contributed by atoms with Gasteiger partial charge in [-0.15, -0.1) is 0 Å². The van der Waals surface area contributed by atoms with Crippen LogP contribution < -0.4 is 16.0 Å². The van der Waals surface area contributed by atoms with Gasteiger partial charge in [-0.1, -0.05) is 0 Å². The Hall–Kier alpha value is -1.30. The Labute approximate surface area is 108 Å². The van der Waals surface area contributed by atoms with Crippen molar-refractivity contribution >= 4 is 12.0 Å². The van der Waals surface area contributed by atoms with Gasteiger partial charge in [-0.2, -0.15) is 0 Å². The molecule has 6 heteroatoms. The van der Waals surface area contributed by atoms with Crippen molar-refractivity contribution in [2.24, 2.45) is 0 Å². The number of hydrogen-bond donors (Lipinski definition) is 4. The van der Waals surface area contributed by atoms with Gasteiger partial charge < -0.3 is 21.1 Å². The normalized spacial score (nSPS) is 16.1. The van der Waals surface area contributed by atoms with Crippen molar-refractivity contribution < 1.29 is 14.7 Å². The summed E-state index contributed by atoms with van der Waals surface area (Å²) in [6.45, 7) is 3.37. The molecular formula is C12H23N3O3. The Morgan fingerprint density at radius 2 is 2.06 bits per heavy atom. The summed E-state index contributed by atoms with van der Waals surface area (Å²) in [4.78, 5) is 21.8. The van der Waals surface area contributed by atoms with Gasteiger partial charge in [-0.3, -0.25) is 4.79 Å². The van der Waals surface area contributed by atoms with Crippen molar-refractivity contribution in [3.63, 3.8) is 0 Å². The van der Waals surface area contributed by atoms with E-state index in [0.29, 0.717) is 19.0 Å². The molecule has 1 aliphatic carbocycles. The standard InChI is InChI=1S/C12H23N3O3/c1-9(3-6-11(16)17)15-12(18)14-8-2-7-13-10-4-5-10/h9-10,13H,2-8H2,1H3,(H,16,17)(H2,14,15,18). The highest BCUT2D eigenvalue weighted by Crippen LogP contribution is 2.18. The van der Waals surface area contributed by atoms with Crippen LogP contribution in [0.15, 0.2) is 0 Å². The molecule has 1 fully saturated rings. The fourth-order valence-corrected chi connectivity index (χ4v) is 1.57. The number of carboxylic acids is 1. The summed E-state index contributed by atoms with van der Waals surface area (Å²) in [6, 6.07) is 0.361. The number of rotatable bonds is 9. The number of urea groups is 1. The summed E-state index contributed by atoms with van der Waals surface area (Å²) < 4.78 is 0. The highest BCUT2D eigenvalue weighted by molar-refractivity contribution is 5.74. The highest BCUT2D eigenvalue weighted by atomic mass is 16.4. The maximum Gasteiger partial charge on any atom is 0.314 e. The van der Waals surface area contributed by atoms with Crippen molar-refractivity contribution in [3.05, 3.63) is 0 Å². The Bertz CT molecular complexity index is 280. The lowest BCUT2D eigenvalue weighted by Gasteiger charge is -2.13. The molecule has 1 aliphatic rings. The van der Waals surface area contributed by atoms with Crippen LogP contribution in [-0.4, -0.2) is 42.3 Å². The summed E-state index contributed by atoms with van der Waals surface area (Å²) >= 11 is 0. The number of aliphatic carboxylic acids is 1. The van der Waals surface area contributed by atoms with Crippen LogP contribution in [-0.2, 0) is 4.79 Å². The van der Waals surface area contributed by atoms with E-state index >= 15 is 0 Å². The zero-order chi connectivity index (χ0) is 13.4. The van der Waals surface area contributed by atoms with Crippen LogP contribution >= 0.6 is 0 Å². The lowest BCUT2D eigenvalue weighted by atomic mass is 10.2. The van der Waals surface area contributed by atoms with Gasteiger partial charge in [0.15, 0.2) is 0 Å². The van der Waals surface area contributed by atoms with Gasteiger partial charge in [-0.05, 0) is 39.2 Å². The molecule has 0 aromatic rings. The second-order valence-electron chi connectivity index (χ2n) is 4.82. The van der Waals surface area contributed by atoms with E-state index in [2.05, 4.69) is 16.0 Å². The van der Waals surface area contributed by atoms with E-state index in [0.717, 1.165) is 13.0 Å². The fraction of sp³-hybridized carbons (Fsp3) is 0.833. The van der Waals surface area contributed by atoms with Crippen LogP contribution in [0.1, 0.15) is 39.0 Å². The lowest BCUT2D eigenvalue weighted by molar-refractivity contribution is -0.137. The second kappa shape index (κ2) is 7.92. The zero-order valence-electron chi connectivity index (χ0n) is 10.9. The van der Waals surface area contributed by atoms with E-state index in [1.807, 2.05) is 0 Å². The van der Waals surface area contributed by atoms with Crippen LogP contribution in [0.4, 0.5) is 4.79 Å². The molecule has 0 saturated heterocycles. The minimum atomic E-state index is -0.838. The maximum atomic E-state index is 11.4. The number of nitrogens with one attached hydrogen (secondary N) is 3. The summed E-state index contributed by atoms with van der Waals surface area (Å²) in [5.41, 5.74) is 0. The summed E-state index contributed by atoms with van der Waals surface area (Å²) in [5, 5.41) is 17.3. The molecule has 0 aliphatic heterocycles. The van der Waals surface area contributed by atoms with Gasteiger partial charge in [-0.25, -0.2) is 4.79 Å². The van der Waals surface area contributed by atoms with Crippen LogP contribution in [0.3, 0.4) is 0 Å². The first kappa shape index (κ1) is 14.8. The second-order valence-corrected chi connectivity index (χ2v) is 4.82. The molecule has 4 N–H and O–H groups in total. The van der Waals surface area contributed by atoms with Crippen LogP contribution in [0, 0.1) is 0 Å². The molecule has 0 radical (unpaired) electrons. The van der Waals surface area contributed by atoms with Crippen molar-refractivity contribution in [2.75, 3.05) is 13.1 Å². The minimum Gasteiger partial charge on any atom is -0.481 e. The average Bonchev–Trinajstić information content (AvgIpc) is 3.10. The predicted molar refractivity (Wildman–Crippen MR) is 68.5 cm³/mol. The van der Waals surface area contributed by atoms with Crippen molar-refractivity contribution in [2.45, 2.75) is 51.1 Å². The summed E-state index contributed by atoms with van der Waals surface area (Å²) in [5.74, 6) is -0.838. The molecule has 0 spiro atoms. The first-order chi connectivity index (χ1) is 8.58. The molecule has 0 aromatic carbocycles. The Morgan fingerprint density at radius 3 is 2.67 bits per heavy atom. The molecule has 6 nitrogen and oxygen atoms in total. The molecule has 18 heavy (non-hydrogen) atoms. The SMILES string of the molecule is CC(CCC(=O)O)NC(=O)NCCCNC1CC1. The molecule has 1 saturated carbocycles. The molecule has 1 unspecified atom stereocenters. The molecule has 1 rings (SSSR count). The van der Waals surface area contributed by atoms with Gasteiger partial charge >= 0.3 is 12.0 Å². The fourth-order valence-electron chi connectivity index (χ4n) is 1.57. The third kappa shape index (κ3) is 7.89. The Balaban J connectivity index is 1.92. The summed E-state index contributed by atoms with van der Waals surface area (Å²) in [7, 11) is 0. The number of hydrogen-bond acceptors (Lipinski definition) is 3. The molecule has 104 valence electrons. The van der Waals surface area contributed by atoms with E-state index in [-0.39, 0.29) is 18.5 Å².